The largest absolute Gasteiger partial charge is 0.462 e. The Kier molecular flexibility index (Phi) is 29.1. The summed E-state index contributed by atoms with van der Waals surface area (Å²) in [5.74, 6) is -2.01. The minimum Gasteiger partial charge on any atom is -0.462 e. The highest BCUT2D eigenvalue weighted by Crippen LogP contribution is 2.24. The SMILES string of the molecule is CCCC/C=C\CCCCCCCC(=O)OCC(COC1OC(CS(=O)(=O)O)C(O)C(O)C1O)OC(=O)CCCCCCC/C=C\CCCCCCC. The minimum atomic E-state index is -4.60. The molecule has 6 atom stereocenters. The van der Waals surface area contributed by atoms with Crippen molar-refractivity contribution in [2.24, 2.45) is 0 Å². The molecule has 0 aromatic rings. The molecule has 1 rings (SSSR count). The summed E-state index contributed by atoms with van der Waals surface area (Å²) in [5, 5.41) is 30.8. The van der Waals surface area contributed by atoms with Crippen LogP contribution in [0.15, 0.2) is 24.3 Å². The molecular weight excluding hydrogens is 704 g/mol. The fraction of sp³-hybridized carbons (Fsp3) is 0.850. The van der Waals surface area contributed by atoms with Gasteiger partial charge in [-0.15, -0.1) is 0 Å². The summed E-state index contributed by atoms with van der Waals surface area (Å²) < 4.78 is 53.8. The van der Waals surface area contributed by atoms with Crippen LogP contribution in [0.1, 0.15) is 162 Å². The molecule has 0 bridgehead atoms. The van der Waals surface area contributed by atoms with E-state index in [9.17, 15) is 37.9 Å². The van der Waals surface area contributed by atoms with E-state index in [2.05, 4.69) is 38.2 Å². The van der Waals surface area contributed by atoms with Crippen LogP contribution in [0, 0.1) is 0 Å². The number of hydrogen-bond donors (Lipinski definition) is 4. The van der Waals surface area contributed by atoms with Crippen LogP contribution in [0.3, 0.4) is 0 Å². The zero-order valence-corrected chi connectivity index (χ0v) is 33.4. The van der Waals surface area contributed by atoms with Crippen molar-refractivity contribution in [1.82, 2.24) is 0 Å². The van der Waals surface area contributed by atoms with Gasteiger partial charge in [-0.3, -0.25) is 14.1 Å². The number of hydrogen-bond acceptors (Lipinski definition) is 11. The highest BCUT2D eigenvalue weighted by molar-refractivity contribution is 7.85. The lowest BCUT2D eigenvalue weighted by Gasteiger charge is -2.40. The summed E-state index contributed by atoms with van der Waals surface area (Å²) in [6.45, 7) is 3.67. The third kappa shape index (κ3) is 26.6. The van der Waals surface area contributed by atoms with Gasteiger partial charge in [-0.05, 0) is 57.8 Å². The second-order valence-electron chi connectivity index (χ2n) is 14.3. The summed E-state index contributed by atoms with van der Waals surface area (Å²) in [5.41, 5.74) is 0. The molecule has 13 heteroatoms. The summed E-state index contributed by atoms with van der Waals surface area (Å²) in [7, 11) is -4.60. The monoisotopic (exact) mass is 776 g/mol. The van der Waals surface area contributed by atoms with Gasteiger partial charge < -0.3 is 34.3 Å². The molecule has 0 amide bonds. The van der Waals surface area contributed by atoms with Crippen molar-refractivity contribution >= 4 is 22.1 Å². The first-order valence-corrected chi connectivity index (χ1v) is 22.0. The van der Waals surface area contributed by atoms with Crippen molar-refractivity contribution in [2.45, 2.75) is 198 Å². The number of carbonyl (C=O) groups excluding carboxylic acids is 2. The van der Waals surface area contributed by atoms with E-state index in [0.717, 1.165) is 77.0 Å². The van der Waals surface area contributed by atoms with Crippen molar-refractivity contribution in [3.63, 3.8) is 0 Å². The quantitative estimate of drug-likeness (QED) is 0.0226. The minimum absolute atomic E-state index is 0.154. The van der Waals surface area contributed by atoms with E-state index < -0.39 is 71.2 Å². The third-order valence-corrected chi connectivity index (χ3v) is 10.0. The van der Waals surface area contributed by atoms with Gasteiger partial charge in [0.2, 0.25) is 0 Å². The molecule has 53 heavy (non-hydrogen) atoms. The molecule has 0 aromatic heterocycles. The molecule has 0 aliphatic carbocycles. The van der Waals surface area contributed by atoms with Gasteiger partial charge in [0.1, 0.15) is 36.8 Å². The number of esters is 2. The molecule has 1 aliphatic rings. The van der Waals surface area contributed by atoms with Crippen LogP contribution in [0.25, 0.3) is 0 Å². The lowest BCUT2D eigenvalue weighted by Crippen LogP contribution is -2.60. The van der Waals surface area contributed by atoms with Crippen LogP contribution in [0.5, 0.6) is 0 Å². The number of allylic oxidation sites excluding steroid dienone is 4. The van der Waals surface area contributed by atoms with Crippen LogP contribution in [-0.4, -0.2) is 96.0 Å². The zero-order valence-electron chi connectivity index (χ0n) is 32.6. The van der Waals surface area contributed by atoms with E-state index in [1.165, 1.54) is 44.9 Å². The molecular formula is C40H72O12S. The summed E-state index contributed by atoms with van der Waals surface area (Å²) in [4.78, 5) is 25.2. The maximum atomic E-state index is 12.7. The van der Waals surface area contributed by atoms with E-state index in [0.29, 0.717) is 12.8 Å². The standard InChI is InChI=1S/C40H72O12S/c1-3-5-7-9-11-13-15-16-17-19-21-23-25-27-29-36(42)51-33(30-49-35(41)28-26-24-22-20-18-14-12-10-8-6-4-2)31-50-40-39(45)38(44)37(43)34(52-40)32-53(46,47)48/h10,12,15-16,33-34,37-40,43-45H,3-9,11,13-14,17-32H2,1-2H3,(H,46,47,48)/b12-10-,16-15-. The van der Waals surface area contributed by atoms with Crippen LogP contribution in [0.2, 0.25) is 0 Å². The molecule has 4 N–H and O–H groups in total. The number of aliphatic hydroxyl groups is 3. The molecule has 0 radical (unpaired) electrons. The normalized spacial score (nSPS) is 21.4. The zero-order chi connectivity index (χ0) is 39.2. The molecule has 0 saturated carbocycles. The van der Waals surface area contributed by atoms with Gasteiger partial charge in [0.05, 0.1) is 6.61 Å². The third-order valence-electron chi connectivity index (χ3n) is 9.25. The van der Waals surface area contributed by atoms with Gasteiger partial charge in [0.25, 0.3) is 10.1 Å². The van der Waals surface area contributed by atoms with Gasteiger partial charge in [-0.1, -0.05) is 115 Å². The second kappa shape index (κ2) is 31.3. The Balaban J connectivity index is 2.52. The first kappa shape index (κ1) is 49.1. The predicted molar refractivity (Wildman–Crippen MR) is 206 cm³/mol. The lowest BCUT2D eigenvalue weighted by molar-refractivity contribution is -0.297. The van der Waals surface area contributed by atoms with E-state index in [1.54, 1.807) is 0 Å². The molecule has 0 aromatic carbocycles. The number of unbranched alkanes of at least 4 members (excludes halogenated alkanes) is 17. The average molecular weight is 777 g/mol. The summed E-state index contributed by atoms with van der Waals surface area (Å²) >= 11 is 0. The first-order valence-electron chi connectivity index (χ1n) is 20.4. The van der Waals surface area contributed by atoms with E-state index >= 15 is 0 Å². The first-order chi connectivity index (χ1) is 25.5. The fourth-order valence-corrected chi connectivity index (χ4v) is 6.69. The smallest absolute Gasteiger partial charge is 0.306 e. The summed E-state index contributed by atoms with van der Waals surface area (Å²) in [6.07, 6.45) is 22.3. The van der Waals surface area contributed by atoms with Crippen molar-refractivity contribution < 1.29 is 56.8 Å². The number of ether oxygens (including phenoxy) is 4. The number of carbonyl (C=O) groups is 2. The van der Waals surface area contributed by atoms with E-state index in [4.69, 9.17) is 18.9 Å². The van der Waals surface area contributed by atoms with Gasteiger partial charge in [-0.2, -0.15) is 8.42 Å². The van der Waals surface area contributed by atoms with Crippen molar-refractivity contribution in [2.75, 3.05) is 19.0 Å². The van der Waals surface area contributed by atoms with Crippen LogP contribution < -0.4 is 0 Å². The van der Waals surface area contributed by atoms with Gasteiger partial charge in [-0.25, -0.2) is 0 Å². The van der Waals surface area contributed by atoms with Crippen LogP contribution in [-0.2, 0) is 38.7 Å². The maximum absolute atomic E-state index is 12.7. The van der Waals surface area contributed by atoms with Crippen molar-refractivity contribution in [1.29, 1.82) is 0 Å². The molecule has 1 saturated heterocycles. The van der Waals surface area contributed by atoms with Gasteiger partial charge in [0, 0.05) is 12.8 Å². The van der Waals surface area contributed by atoms with Crippen molar-refractivity contribution in [3.05, 3.63) is 24.3 Å². The Morgan fingerprint density at radius 2 is 1.09 bits per heavy atom. The second-order valence-corrected chi connectivity index (χ2v) is 15.8. The van der Waals surface area contributed by atoms with Gasteiger partial charge in [0.15, 0.2) is 12.4 Å². The van der Waals surface area contributed by atoms with Crippen molar-refractivity contribution in [3.8, 4) is 0 Å². The summed E-state index contributed by atoms with van der Waals surface area (Å²) in [6, 6.07) is 0. The maximum Gasteiger partial charge on any atom is 0.306 e. The Labute approximate surface area is 319 Å². The Hall–Kier alpha value is -1.87. The van der Waals surface area contributed by atoms with E-state index in [-0.39, 0.29) is 19.4 Å². The Bertz CT molecular complexity index is 1100. The lowest BCUT2D eigenvalue weighted by atomic mass is 10.00. The predicted octanol–water partition coefficient (Wildman–Crippen LogP) is 7.28. The molecule has 1 heterocycles. The fourth-order valence-electron chi connectivity index (χ4n) is 6.00. The molecule has 12 nitrogen and oxygen atoms in total. The molecule has 310 valence electrons. The number of rotatable bonds is 33. The van der Waals surface area contributed by atoms with Crippen LogP contribution in [0.4, 0.5) is 0 Å². The average Bonchev–Trinajstić information content (AvgIpc) is 3.12. The molecule has 0 spiro atoms. The molecule has 1 aliphatic heterocycles. The topological polar surface area (TPSA) is 186 Å². The van der Waals surface area contributed by atoms with Gasteiger partial charge >= 0.3 is 11.9 Å². The van der Waals surface area contributed by atoms with Crippen LogP contribution >= 0.6 is 0 Å². The van der Waals surface area contributed by atoms with E-state index in [1.807, 2.05) is 0 Å². The highest BCUT2D eigenvalue weighted by atomic mass is 32.2. The highest BCUT2D eigenvalue weighted by Gasteiger charge is 2.46. The molecule has 1 fully saturated rings. The Morgan fingerprint density at radius 1 is 0.623 bits per heavy atom. The number of aliphatic hydroxyl groups excluding tert-OH is 3. The Morgan fingerprint density at radius 3 is 1.62 bits per heavy atom. The molecule has 6 unspecified atom stereocenters.